The largest absolute Gasteiger partial charge is 0.507 e. The summed E-state index contributed by atoms with van der Waals surface area (Å²) in [7, 11) is 3.16. The maximum Gasteiger partial charge on any atom is 0.295 e. The summed E-state index contributed by atoms with van der Waals surface area (Å²) in [5.74, 6) is 0.442. The molecule has 3 aromatic rings. The fourth-order valence-corrected chi connectivity index (χ4v) is 4.65. The molecule has 7 heteroatoms. The molecule has 3 aromatic carbocycles. The van der Waals surface area contributed by atoms with E-state index in [1.54, 1.807) is 50.6 Å². The number of carbonyl (C=O) groups excluding carboxylic acids is 2. The first-order chi connectivity index (χ1) is 18.2. The summed E-state index contributed by atoms with van der Waals surface area (Å²) in [4.78, 5) is 28.2. The Morgan fingerprint density at radius 1 is 0.947 bits per heavy atom. The van der Waals surface area contributed by atoms with Crippen molar-refractivity contribution in [1.29, 1.82) is 0 Å². The van der Waals surface area contributed by atoms with Gasteiger partial charge in [-0.3, -0.25) is 9.59 Å². The van der Waals surface area contributed by atoms with Crippen molar-refractivity contribution < 1.29 is 28.9 Å². The van der Waals surface area contributed by atoms with Gasteiger partial charge in [-0.1, -0.05) is 24.3 Å². The molecule has 0 radical (unpaired) electrons. The molecule has 1 heterocycles. The molecule has 7 nitrogen and oxygen atoms in total. The second-order valence-corrected chi connectivity index (χ2v) is 9.51. The predicted molar refractivity (Wildman–Crippen MR) is 146 cm³/mol. The van der Waals surface area contributed by atoms with Gasteiger partial charge in [0.25, 0.3) is 11.7 Å². The molecule has 1 atom stereocenters. The number of methoxy groups -OCH3 is 2. The Balaban J connectivity index is 1.76. The second kappa shape index (κ2) is 11.4. The molecule has 1 saturated heterocycles. The molecule has 0 saturated carbocycles. The van der Waals surface area contributed by atoms with E-state index >= 15 is 0 Å². The van der Waals surface area contributed by atoms with E-state index in [9.17, 15) is 14.7 Å². The summed E-state index contributed by atoms with van der Waals surface area (Å²) in [6.45, 7) is 6.04. The van der Waals surface area contributed by atoms with Crippen LogP contribution in [-0.2, 0) is 16.0 Å². The number of Topliss-reactive ketones (excluding diaryl/α,β-unsaturated/α-hetero) is 1. The fraction of sp³-hybridized carbons (Fsp3) is 0.290. The molecule has 0 aliphatic carbocycles. The molecule has 0 aromatic heterocycles. The normalized spacial score (nSPS) is 16.7. The van der Waals surface area contributed by atoms with E-state index in [0.29, 0.717) is 29.0 Å². The van der Waals surface area contributed by atoms with Crippen molar-refractivity contribution >= 4 is 17.4 Å². The Bertz CT molecular complexity index is 1360. The minimum absolute atomic E-state index is 0.00256. The topological polar surface area (TPSA) is 85.3 Å². The summed E-state index contributed by atoms with van der Waals surface area (Å²) < 4.78 is 16.4. The first-order valence-electron chi connectivity index (χ1n) is 12.6. The number of ether oxygens (including phenoxy) is 3. The Morgan fingerprint density at radius 2 is 1.66 bits per heavy atom. The molecule has 38 heavy (non-hydrogen) atoms. The molecule has 1 aliphatic rings. The van der Waals surface area contributed by atoms with Crippen LogP contribution in [-0.4, -0.2) is 48.6 Å². The van der Waals surface area contributed by atoms with Gasteiger partial charge in [0.05, 0.1) is 31.9 Å². The van der Waals surface area contributed by atoms with Crippen LogP contribution in [0.25, 0.3) is 5.76 Å². The number of amides is 1. The monoisotopic (exact) mass is 515 g/mol. The van der Waals surface area contributed by atoms with E-state index in [1.165, 1.54) is 4.90 Å². The van der Waals surface area contributed by atoms with Gasteiger partial charge in [0, 0.05) is 12.1 Å². The zero-order valence-electron chi connectivity index (χ0n) is 22.4. The predicted octanol–water partition coefficient (Wildman–Crippen LogP) is 5.46. The molecule has 198 valence electrons. The van der Waals surface area contributed by atoms with E-state index < -0.39 is 17.7 Å². The summed E-state index contributed by atoms with van der Waals surface area (Å²) >= 11 is 0. The zero-order valence-corrected chi connectivity index (χ0v) is 22.4. The quantitative estimate of drug-likeness (QED) is 0.231. The summed E-state index contributed by atoms with van der Waals surface area (Å²) in [6, 6.07) is 19.3. The first kappa shape index (κ1) is 26.8. The smallest absolute Gasteiger partial charge is 0.295 e. The van der Waals surface area contributed by atoms with Crippen molar-refractivity contribution in [3.8, 4) is 17.2 Å². The van der Waals surface area contributed by atoms with Gasteiger partial charge in [-0.05, 0) is 86.3 Å². The molecule has 4 rings (SSSR count). The maximum atomic E-state index is 13.4. The first-order valence-corrected chi connectivity index (χ1v) is 12.6. The number of benzene rings is 3. The SMILES string of the molecule is COc1ccc(CCN2C(=O)C(=O)/C(=C(/O)c3ccc(OC(C)C)c(C)c3)C2c2cccc(OC)c2)cc1. The number of aliphatic hydroxyl groups excluding tert-OH is 1. The van der Waals surface area contributed by atoms with Gasteiger partial charge in [0.2, 0.25) is 0 Å². The average Bonchev–Trinajstić information content (AvgIpc) is 3.17. The highest BCUT2D eigenvalue weighted by Crippen LogP contribution is 2.40. The van der Waals surface area contributed by atoms with Gasteiger partial charge in [0.15, 0.2) is 0 Å². The van der Waals surface area contributed by atoms with Gasteiger partial charge in [-0.25, -0.2) is 0 Å². The van der Waals surface area contributed by atoms with E-state index in [1.807, 2.05) is 51.1 Å². The Hall–Kier alpha value is -4.26. The molecule has 1 amide bonds. The van der Waals surface area contributed by atoms with Crippen LogP contribution in [0.5, 0.6) is 17.2 Å². The van der Waals surface area contributed by atoms with E-state index in [-0.39, 0.29) is 24.0 Å². The third kappa shape index (κ3) is 5.52. The molecule has 1 N–H and O–H groups in total. The molecule has 1 aliphatic heterocycles. The minimum Gasteiger partial charge on any atom is -0.507 e. The fourth-order valence-electron chi connectivity index (χ4n) is 4.65. The highest BCUT2D eigenvalue weighted by molar-refractivity contribution is 6.46. The number of nitrogens with zero attached hydrogens (tertiary/aromatic N) is 1. The summed E-state index contributed by atoms with van der Waals surface area (Å²) in [5.41, 5.74) is 2.98. The van der Waals surface area contributed by atoms with Crippen LogP contribution in [0.15, 0.2) is 72.3 Å². The number of aryl methyl sites for hydroxylation is 1. The van der Waals surface area contributed by atoms with Crippen molar-refractivity contribution in [2.24, 2.45) is 0 Å². The number of aliphatic hydroxyl groups is 1. The van der Waals surface area contributed by atoms with Crippen LogP contribution >= 0.6 is 0 Å². The third-order valence-corrected chi connectivity index (χ3v) is 6.56. The molecular formula is C31H33NO6. The lowest BCUT2D eigenvalue weighted by Gasteiger charge is -2.26. The number of carbonyl (C=O) groups is 2. The molecule has 0 spiro atoms. The lowest BCUT2D eigenvalue weighted by atomic mass is 9.94. The minimum atomic E-state index is -0.768. The third-order valence-electron chi connectivity index (χ3n) is 6.56. The summed E-state index contributed by atoms with van der Waals surface area (Å²) in [5, 5.41) is 11.4. The van der Waals surface area contributed by atoms with Crippen molar-refractivity contribution in [1.82, 2.24) is 4.90 Å². The lowest BCUT2D eigenvalue weighted by Crippen LogP contribution is -2.31. The Morgan fingerprint density at radius 3 is 2.29 bits per heavy atom. The average molecular weight is 516 g/mol. The van der Waals surface area contributed by atoms with E-state index in [0.717, 1.165) is 16.9 Å². The van der Waals surface area contributed by atoms with Crippen LogP contribution in [0, 0.1) is 6.92 Å². The number of hydrogen-bond acceptors (Lipinski definition) is 6. The highest BCUT2D eigenvalue weighted by Gasteiger charge is 2.46. The standard InChI is InChI=1S/C31H33NO6/c1-19(2)38-26-14-11-23(17-20(26)3)29(33)27-28(22-7-6-8-25(18-22)37-5)32(31(35)30(27)34)16-15-21-9-12-24(36-4)13-10-21/h6-14,17-19,28,33H,15-16H2,1-5H3/b29-27+. The molecular weight excluding hydrogens is 482 g/mol. The van der Waals surface area contributed by atoms with Crippen LogP contribution in [0.2, 0.25) is 0 Å². The summed E-state index contributed by atoms with van der Waals surface area (Å²) in [6.07, 6.45) is 0.523. The number of ketones is 1. The second-order valence-electron chi connectivity index (χ2n) is 9.51. The van der Waals surface area contributed by atoms with E-state index in [4.69, 9.17) is 14.2 Å². The van der Waals surface area contributed by atoms with Crippen molar-refractivity contribution in [2.45, 2.75) is 39.3 Å². The molecule has 1 fully saturated rings. The van der Waals surface area contributed by atoms with Gasteiger partial charge in [-0.2, -0.15) is 0 Å². The van der Waals surface area contributed by atoms with Crippen LogP contribution in [0.3, 0.4) is 0 Å². The van der Waals surface area contributed by atoms with Crippen molar-refractivity contribution in [2.75, 3.05) is 20.8 Å². The number of likely N-dealkylation sites (tertiary alicyclic amines) is 1. The van der Waals surface area contributed by atoms with Gasteiger partial charge in [-0.15, -0.1) is 0 Å². The zero-order chi connectivity index (χ0) is 27.4. The van der Waals surface area contributed by atoms with Crippen molar-refractivity contribution in [3.05, 3.63) is 94.6 Å². The Kier molecular flexibility index (Phi) is 8.05. The van der Waals surface area contributed by atoms with Gasteiger partial charge in [0.1, 0.15) is 23.0 Å². The number of hydrogen-bond donors (Lipinski definition) is 1. The van der Waals surface area contributed by atoms with Gasteiger partial charge < -0.3 is 24.2 Å². The Labute approximate surface area is 223 Å². The molecule has 1 unspecified atom stereocenters. The number of rotatable bonds is 9. The highest BCUT2D eigenvalue weighted by atomic mass is 16.5. The van der Waals surface area contributed by atoms with Gasteiger partial charge >= 0.3 is 0 Å². The molecule has 0 bridgehead atoms. The lowest BCUT2D eigenvalue weighted by molar-refractivity contribution is -0.139. The van der Waals surface area contributed by atoms with Crippen LogP contribution < -0.4 is 14.2 Å². The van der Waals surface area contributed by atoms with Crippen molar-refractivity contribution in [3.63, 3.8) is 0 Å². The maximum absolute atomic E-state index is 13.4. The van der Waals surface area contributed by atoms with E-state index in [2.05, 4.69) is 0 Å². The van der Waals surface area contributed by atoms with Crippen LogP contribution in [0.1, 0.15) is 42.1 Å². The van der Waals surface area contributed by atoms with Crippen LogP contribution in [0.4, 0.5) is 0 Å².